The highest BCUT2D eigenvalue weighted by molar-refractivity contribution is 5.77. The highest BCUT2D eigenvalue weighted by Crippen LogP contribution is 1.92. The lowest BCUT2D eigenvalue weighted by Gasteiger charge is -2.07. The van der Waals surface area contributed by atoms with Crippen molar-refractivity contribution in [2.75, 3.05) is 13.2 Å². The van der Waals surface area contributed by atoms with E-state index < -0.39 is 0 Å². The third-order valence-corrected chi connectivity index (χ3v) is 1.93. The van der Waals surface area contributed by atoms with Gasteiger partial charge in [-0.25, -0.2) is 4.98 Å². The van der Waals surface area contributed by atoms with Gasteiger partial charge in [-0.15, -0.1) is 0 Å². The van der Waals surface area contributed by atoms with Gasteiger partial charge in [0, 0.05) is 13.0 Å². The van der Waals surface area contributed by atoms with E-state index in [2.05, 4.69) is 20.5 Å². The molecule has 6 heteroatoms. The normalized spacial score (nSPS) is 10.7. The van der Waals surface area contributed by atoms with Crippen LogP contribution in [0.1, 0.15) is 26.1 Å². The fraction of sp³-hybridized carbons (Fsp3) is 0.700. The van der Waals surface area contributed by atoms with Crippen LogP contribution in [0.3, 0.4) is 0 Å². The summed E-state index contributed by atoms with van der Waals surface area (Å²) in [5, 5.41) is 9.28. The van der Waals surface area contributed by atoms with Gasteiger partial charge in [0.15, 0.2) is 0 Å². The standard InChI is InChI=1S/C10H18N4O2/c1-8(2)16-6-10(15)11-5-3-4-9-12-7-13-14-9/h7-8H,3-6H2,1-2H3,(H,11,15)(H,12,13,14). The summed E-state index contributed by atoms with van der Waals surface area (Å²) >= 11 is 0. The van der Waals surface area contributed by atoms with Gasteiger partial charge < -0.3 is 10.1 Å². The molecule has 1 rings (SSSR count). The molecule has 2 N–H and O–H groups in total. The molecule has 1 heterocycles. The molecule has 0 radical (unpaired) electrons. The Morgan fingerprint density at radius 3 is 3.06 bits per heavy atom. The number of hydrogen-bond acceptors (Lipinski definition) is 4. The molecule has 0 spiro atoms. The number of nitrogens with zero attached hydrogens (tertiary/aromatic N) is 2. The van der Waals surface area contributed by atoms with Crippen LogP contribution in [0.2, 0.25) is 0 Å². The smallest absolute Gasteiger partial charge is 0.246 e. The molecule has 0 bridgehead atoms. The van der Waals surface area contributed by atoms with Crippen molar-refractivity contribution in [3.8, 4) is 0 Å². The first kappa shape index (κ1) is 12.6. The maximum atomic E-state index is 11.2. The highest BCUT2D eigenvalue weighted by atomic mass is 16.5. The summed E-state index contributed by atoms with van der Waals surface area (Å²) in [5.74, 6) is 0.763. The van der Waals surface area contributed by atoms with Crippen molar-refractivity contribution in [2.24, 2.45) is 0 Å². The molecule has 16 heavy (non-hydrogen) atoms. The van der Waals surface area contributed by atoms with Crippen LogP contribution in [0, 0.1) is 0 Å². The number of carbonyl (C=O) groups excluding carboxylic acids is 1. The zero-order valence-corrected chi connectivity index (χ0v) is 9.69. The van der Waals surface area contributed by atoms with E-state index in [-0.39, 0.29) is 18.6 Å². The van der Waals surface area contributed by atoms with Crippen LogP contribution in [-0.2, 0) is 16.0 Å². The fourth-order valence-corrected chi connectivity index (χ4v) is 1.13. The van der Waals surface area contributed by atoms with Crippen molar-refractivity contribution >= 4 is 5.91 Å². The van der Waals surface area contributed by atoms with Crippen molar-refractivity contribution in [1.82, 2.24) is 20.5 Å². The van der Waals surface area contributed by atoms with Crippen LogP contribution >= 0.6 is 0 Å². The Bertz CT molecular complexity index is 298. The van der Waals surface area contributed by atoms with Crippen LogP contribution in [0.4, 0.5) is 0 Å². The number of amides is 1. The molecule has 1 aromatic rings. The lowest BCUT2D eigenvalue weighted by atomic mass is 10.3. The largest absolute Gasteiger partial charge is 0.369 e. The highest BCUT2D eigenvalue weighted by Gasteiger charge is 2.02. The second kappa shape index (κ2) is 6.95. The summed E-state index contributed by atoms with van der Waals surface area (Å²) in [5.41, 5.74) is 0. The summed E-state index contributed by atoms with van der Waals surface area (Å²) in [7, 11) is 0. The van der Waals surface area contributed by atoms with Gasteiger partial charge in [0.1, 0.15) is 18.8 Å². The maximum Gasteiger partial charge on any atom is 0.246 e. The number of nitrogens with one attached hydrogen (secondary N) is 2. The van der Waals surface area contributed by atoms with Crippen LogP contribution in [-0.4, -0.2) is 40.3 Å². The molecule has 0 fully saturated rings. The minimum atomic E-state index is -0.0775. The van der Waals surface area contributed by atoms with E-state index in [9.17, 15) is 4.79 Å². The van der Waals surface area contributed by atoms with E-state index in [0.717, 1.165) is 18.7 Å². The molecule has 0 aromatic carbocycles. The number of aryl methyl sites for hydroxylation is 1. The maximum absolute atomic E-state index is 11.2. The van der Waals surface area contributed by atoms with E-state index in [1.807, 2.05) is 13.8 Å². The average Bonchev–Trinajstić information content (AvgIpc) is 2.74. The molecule has 1 aromatic heterocycles. The van der Waals surface area contributed by atoms with Crippen molar-refractivity contribution in [3.63, 3.8) is 0 Å². The quantitative estimate of drug-likeness (QED) is 0.654. The van der Waals surface area contributed by atoms with Crippen LogP contribution in [0.15, 0.2) is 6.33 Å². The molecule has 1 amide bonds. The van der Waals surface area contributed by atoms with Gasteiger partial charge in [-0.3, -0.25) is 9.89 Å². The van der Waals surface area contributed by atoms with Crippen molar-refractivity contribution in [1.29, 1.82) is 0 Å². The number of aromatic nitrogens is 3. The third kappa shape index (κ3) is 5.45. The summed E-state index contributed by atoms with van der Waals surface area (Å²) in [6.07, 6.45) is 3.18. The molecule has 0 unspecified atom stereocenters. The zero-order chi connectivity index (χ0) is 11.8. The minimum Gasteiger partial charge on any atom is -0.369 e. The zero-order valence-electron chi connectivity index (χ0n) is 9.69. The topological polar surface area (TPSA) is 79.9 Å². The van der Waals surface area contributed by atoms with E-state index in [1.54, 1.807) is 0 Å². The van der Waals surface area contributed by atoms with Crippen LogP contribution < -0.4 is 5.32 Å². The Kier molecular flexibility index (Phi) is 5.49. The Balaban J connectivity index is 2.00. The molecule has 0 aliphatic heterocycles. The Morgan fingerprint density at radius 1 is 1.62 bits per heavy atom. The summed E-state index contributed by atoms with van der Waals surface area (Å²) < 4.78 is 5.17. The monoisotopic (exact) mass is 226 g/mol. The number of carbonyl (C=O) groups is 1. The van der Waals surface area contributed by atoms with Crippen LogP contribution in [0.25, 0.3) is 0 Å². The number of hydrogen-bond donors (Lipinski definition) is 2. The fourth-order valence-electron chi connectivity index (χ4n) is 1.13. The number of ether oxygens (including phenoxy) is 1. The van der Waals surface area contributed by atoms with Gasteiger partial charge in [0.25, 0.3) is 0 Å². The Labute approximate surface area is 94.8 Å². The van der Waals surface area contributed by atoms with E-state index in [0.29, 0.717) is 6.54 Å². The molecule has 0 aliphatic carbocycles. The second-order valence-corrected chi connectivity index (χ2v) is 3.75. The average molecular weight is 226 g/mol. The first-order chi connectivity index (χ1) is 7.68. The number of rotatable bonds is 7. The second-order valence-electron chi connectivity index (χ2n) is 3.75. The summed E-state index contributed by atoms with van der Waals surface area (Å²) in [6.45, 7) is 4.55. The number of H-pyrrole nitrogens is 1. The number of aromatic amines is 1. The lowest BCUT2D eigenvalue weighted by molar-refractivity contribution is -0.127. The molecule has 0 saturated carbocycles. The first-order valence-electron chi connectivity index (χ1n) is 5.41. The SMILES string of the molecule is CC(C)OCC(=O)NCCCc1ncn[nH]1. The molecule has 0 aliphatic rings. The van der Waals surface area contributed by atoms with Crippen molar-refractivity contribution in [2.45, 2.75) is 32.8 Å². The molecule has 0 atom stereocenters. The predicted octanol–water partition coefficient (Wildman–Crippen LogP) is 0.278. The minimum absolute atomic E-state index is 0.0775. The first-order valence-corrected chi connectivity index (χ1v) is 5.41. The molecule has 0 saturated heterocycles. The van der Waals surface area contributed by atoms with Gasteiger partial charge in [-0.05, 0) is 20.3 Å². The van der Waals surface area contributed by atoms with E-state index in [1.165, 1.54) is 6.33 Å². The Hall–Kier alpha value is -1.43. The Morgan fingerprint density at radius 2 is 2.44 bits per heavy atom. The van der Waals surface area contributed by atoms with Crippen molar-refractivity contribution in [3.05, 3.63) is 12.2 Å². The summed E-state index contributed by atoms with van der Waals surface area (Å²) in [6, 6.07) is 0. The summed E-state index contributed by atoms with van der Waals surface area (Å²) in [4.78, 5) is 15.2. The van der Waals surface area contributed by atoms with Crippen LogP contribution in [0.5, 0.6) is 0 Å². The lowest BCUT2D eigenvalue weighted by Crippen LogP contribution is -2.29. The predicted molar refractivity (Wildman–Crippen MR) is 58.8 cm³/mol. The van der Waals surface area contributed by atoms with Gasteiger partial charge in [0.05, 0.1) is 6.10 Å². The third-order valence-electron chi connectivity index (χ3n) is 1.93. The van der Waals surface area contributed by atoms with Gasteiger partial charge >= 0.3 is 0 Å². The molecule has 6 nitrogen and oxygen atoms in total. The van der Waals surface area contributed by atoms with Gasteiger partial charge in [0.2, 0.25) is 5.91 Å². The molecular formula is C10H18N4O2. The van der Waals surface area contributed by atoms with E-state index in [4.69, 9.17) is 4.74 Å². The van der Waals surface area contributed by atoms with Gasteiger partial charge in [-0.2, -0.15) is 5.10 Å². The molecule has 90 valence electrons. The van der Waals surface area contributed by atoms with E-state index >= 15 is 0 Å². The van der Waals surface area contributed by atoms with Crippen molar-refractivity contribution < 1.29 is 9.53 Å². The van der Waals surface area contributed by atoms with Gasteiger partial charge in [-0.1, -0.05) is 0 Å². The molecular weight excluding hydrogens is 208 g/mol.